The van der Waals surface area contributed by atoms with E-state index in [0.717, 1.165) is 17.1 Å². The Bertz CT molecular complexity index is 990. The number of imidazole rings is 1. The van der Waals surface area contributed by atoms with E-state index in [1.807, 2.05) is 55.4 Å². The number of halogens is 1. The third-order valence-electron chi connectivity index (χ3n) is 4.38. The highest BCUT2D eigenvalue weighted by Gasteiger charge is 2.14. The number of H-pyrrole nitrogens is 1. The molecule has 9 heteroatoms. The van der Waals surface area contributed by atoms with Gasteiger partial charge in [-0.15, -0.1) is 24.0 Å². The average Bonchev–Trinajstić information content (AvgIpc) is 3.20. The predicted octanol–water partition coefficient (Wildman–Crippen LogP) is 4.20. The molecule has 2 aromatic carbocycles. The Morgan fingerprint density at radius 1 is 1.20 bits per heavy atom. The Morgan fingerprint density at radius 2 is 1.90 bits per heavy atom. The number of rotatable bonds is 7. The van der Waals surface area contributed by atoms with Crippen LogP contribution in [0.3, 0.4) is 0 Å². The van der Waals surface area contributed by atoms with Gasteiger partial charge in [-0.1, -0.05) is 48.5 Å². The molecule has 0 aliphatic heterocycles. The van der Waals surface area contributed by atoms with Crippen LogP contribution >= 0.6 is 24.0 Å². The van der Waals surface area contributed by atoms with Crippen LogP contribution in [0, 0.1) is 10.1 Å². The van der Waals surface area contributed by atoms with Crippen LogP contribution < -0.4 is 5.32 Å². The number of guanidine groups is 1. The number of benzene rings is 2. The molecule has 0 aliphatic carbocycles. The summed E-state index contributed by atoms with van der Waals surface area (Å²) in [5.74, 6) is 1.46. The first-order chi connectivity index (χ1) is 14.1. The maximum absolute atomic E-state index is 11.2. The third-order valence-corrected chi connectivity index (χ3v) is 4.38. The molecule has 3 rings (SSSR count). The van der Waals surface area contributed by atoms with Crippen LogP contribution in [-0.4, -0.2) is 39.3 Å². The molecular formula is C21H25IN6O2. The molecule has 0 saturated carbocycles. The number of hydrogen-bond acceptors (Lipinski definition) is 4. The van der Waals surface area contributed by atoms with Crippen molar-refractivity contribution in [3.63, 3.8) is 0 Å². The lowest BCUT2D eigenvalue weighted by Crippen LogP contribution is -2.38. The van der Waals surface area contributed by atoms with Crippen molar-refractivity contribution in [2.24, 2.45) is 4.99 Å². The minimum atomic E-state index is -0.380. The number of aliphatic imine (C=N–C) groups is 1. The number of aromatic amines is 1. The Kier molecular flexibility index (Phi) is 8.78. The first kappa shape index (κ1) is 23.3. The van der Waals surface area contributed by atoms with Gasteiger partial charge in [-0.25, -0.2) is 9.98 Å². The summed E-state index contributed by atoms with van der Waals surface area (Å²) in [4.78, 5) is 25.1. The average molecular weight is 520 g/mol. The van der Waals surface area contributed by atoms with Gasteiger partial charge in [-0.05, 0) is 12.5 Å². The summed E-state index contributed by atoms with van der Waals surface area (Å²) in [5.41, 5.74) is 2.68. The first-order valence-electron chi connectivity index (χ1n) is 9.39. The second kappa shape index (κ2) is 11.3. The monoisotopic (exact) mass is 520 g/mol. The van der Waals surface area contributed by atoms with Gasteiger partial charge in [0, 0.05) is 19.7 Å². The van der Waals surface area contributed by atoms with Crippen molar-refractivity contribution in [3.8, 4) is 11.3 Å². The quantitative estimate of drug-likeness (QED) is 0.160. The largest absolute Gasteiger partial charge is 0.357 e. The molecule has 2 N–H and O–H groups in total. The minimum Gasteiger partial charge on any atom is -0.357 e. The molecule has 0 spiro atoms. The third kappa shape index (κ3) is 6.02. The number of aromatic nitrogens is 2. The van der Waals surface area contributed by atoms with Gasteiger partial charge in [-0.2, -0.15) is 0 Å². The van der Waals surface area contributed by atoms with Crippen molar-refractivity contribution in [1.29, 1.82) is 0 Å². The van der Waals surface area contributed by atoms with Gasteiger partial charge in [-0.3, -0.25) is 10.1 Å². The fraction of sp³-hybridized carbons (Fsp3) is 0.238. The van der Waals surface area contributed by atoms with Gasteiger partial charge in [0.05, 0.1) is 35.5 Å². The summed E-state index contributed by atoms with van der Waals surface area (Å²) in [6.45, 7) is 3.41. The first-order valence-corrected chi connectivity index (χ1v) is 9.39. The summed E-state index contributed by atoms with van der Waals surface area (Å²) >= 11 is 0. The van der Waals surface area contributed by atoms with E-state index in [-0.39, 0.29) is 41.1 Å². The van der Waals surface area contributed by atoms with Crippen LogP contribution in [0.5, 0.6) is 0 Å². The Morgan fingerprint density at radius 3 is 2.60 bits per heavy atom. The standard InChI is InChI=1S/C21H24N6O2.HI/c1-3-22-21(24-13-17-11-7-8-12-19(17)27(28)29)26(2)15-20-23-14-18(25-20)16-9-5-4-6-10-16;/h4-12,14H,3,13,15H2,1-2H3,(H,22,24)(H,23,25);1H. The Balaban J connectivity index is 0.00000320. The second-order valence-electron chi connectivity index (χ2n) is 6.52. The molecule has 3 aromatic rings. The van der Waals surface area contributed by atoms with E-state index >= 15 is 0 Å². The highest BCUT2D eigenvalue weighted by Crippen LogP contribution is 2.19. The summed E-state index contributed by atoms with van der Waals surface area (Å²) in [7, 11) is 1.91. The molecule has 0 aliphatic rings. The van der Waals surface area contributed by atoms with Crippen LogP contribution in [0.25, 0.3) is 11.3 Å². The molecule has 0 amide bonds. The van der Waals surface area contributed by atoms with Crippen molar-refractivity contribution in [3.05, 3.63) is 82.3 Å². The van der Waals surface area contributed by atoms with E-state index in [1.165, 1.54) is 6.07 Å². The van der Waals surface area contributed by atoms with E-state index in [0.29, 0.717) is 24.6 Å². The fourth-order valence-electron chi connectivity index (χ4n) is 2.96. The topological polar surface area (TPSA) is 99.4 Å². The zero-order chi connectivity index (χ0) is 20.6. The van der Waals surface area contributed by atoms with E-state index in [9.17, 15) is 10.1 Å². The predicted molar refractivity (Wildman–Crippen MR) is 129 cm³/mol. The zero-order valence-electron chi connectivity index (χ0n) is 16.9. The minimum absolute atomic E-state index is 0. The molecule has 30 heavy (non-hydrogen) atoms. The van der Waals surface area contributed by atoms with Crippen LogP contribution in [0.1, 0.15) is 18.3 Å². The molecule has 8 nitrogen and oxygen atoms in total. The maximum Gasteiger partial charge on any atom is 0.274 e. The summed E-state index contributed by atoms with van der Waals surface area (Å²) < 4.78 is 0. The molecule has 0 fully saturated rings. The van der Waals surface area contributed by atoms with Crippen molar-refractivity contribution in [2.75, 3.05) is 13.6 Å². The smallest absolute Gasteiger partial charge is 0.274 e. The van der Waals surface area contributed by atoms with E-state index in [4.69, 9.17) is 0 Å². The highest BCUT2D eigenvalue weighted by atomic mass is 127. The van der Waals surface area contributed by atoms with Crippen molar-refractivity contribution >= 4 is 35.6 Å². The van der Waals surface area contributed by atoms with Crippen molar-refractivity contribution in [2.45, 2.75) is 20.0 Å². The lowest BCUT2D eigenvalue weighted by molar-refractivity contribution is -0.385. The molecular weight excluding hydrogens is 495 g/mol. The zero-order valence-corrected chi connectivity index (χ0v) is 19.2. The fourth-order valence-corrected chi connectivity index (χ4v) is 2.96. The second-order valence-corrected chi connectivity index (χ2v) is 6.52. The normalized spacial score (nSPS) is 10.9. The molecule has 1 heterocycles. The lowest BCUT2D eigenvalue weighted by Gasteiger charge is -2.21. The van der Waals surface area contributed by atoms with E-state index in [2.05, 4.69) is 20.3 Å². The van der Waals surface area contributed by atoms with Gasteiger partial charge in [0.15, 0.2) is 5.96 Å². The summed E-state index contributed by atoms with van der Waals surface area (Å²) in [5, 5.41) is 14.4. The number of hydrogen-bond donors (Lipinski definition) is 2. The van der Waals surface area contributed by atoms with Gasteiger partial charge in [0.2, 0.25) is 0 Å². The molecule has 0 radical (unpaired) electrons. The van der Waals surface area contributed by atoms with Crippen molar-refractivity contribution in [1.82, 2.24) is 20.2 Å². The van der Waals surface area contributed by atoms with Gasteiger partial charge in [0.25, 0.3) is 5.69 Å². The molecule has 0 saturated heterocycles. The highest BCUT2D eigenvalue weighted by molar-refractivity contribution is 14.0. The molecule has 158 valence electrons. The van der Waals surface area contributed by atoms with Crippen LogP contribution in [0.15, 0.2) is 65.8 Å². The lowest BCUT2D eigenvalue weighted by atomic mass is 10.2. The number of nitro groups is 1. The van der Waals surface area contributed by atoms with Gasteiger partial charge >= 0.3 is 0 Å². The number of nitrogens with zero attached hydrogens (tertiary/aromatic N) is 4. The summed E-state index contributed by atoms with van der Waals surface area (Å²) in [6, 6.07) is 16.7. The summed E-state index contributed by atoms with van der Waals surface area (Å²) in [6.07, 6.45) is 1.82. The van der Waals surface area contributed by atoms with Gasteiger partial charge in [0.1, 0.15) is 5.82 Å². The number of nitrogens with one attached hydrogen (secondary N) is 2. The maximum atomic E-state index is 11.2. The van der Waals surface area contributed by atoms with Crippen LogP contribution in [0.2, 0.25) is 0 Å². The molecule has 0 bridgehead atoms. The van der Waals surface area contributed by atoms with Crippen LogP contribution in [0.4, 0.5) is 5.69 Å². The number of nitro benzene ring substituents is 1. The van der Waals surface area contributed by atoms with Crippen LogP contribution in [-0.2, 0) is 13.1 Å². The SMILES string of the molecule is CCNC(=NCc1ccccc1[N+](=O)[O-])N(C)Cc1ncc(-c2ccccc2)[nH]1.I. The molecule has 0 atom stereocenters. The molecule has 0 unspecified atom stereocenters. The van der Waals surface area contributed by atoms with Crippen molar-refractivity contribution < 1.29 is 4.92 Å². The van der Waals surface area contributed by atoms with E-state index < -0.39 is 0 Å². The Labute approximate surface area is 192 Å². The Hall–Kier alpha value is -2.95. The van der Waals surface area contributed by atoms with E-state index in [1.54, 1.807) is 18.2 Å². The number of para-hydroxylation sites is 1. The van der Waals surface area contributed by atoms with Gasteiger partial charge < -0.3 is 15.2 Å². The molecule has 1 aromatic heterocycles.